The molecule has 4 aromatic rings. The van der Waals surface area contributed by atoms with Crippen molar-refractivity contribution < 1.29 is 18.4 Å². The molecular weight excluding hydrogens is 374 g/mol. The third-order valence-corrected chi connectivity index (χ3v) is 4.53. The molecule has 4 rings (SSSR count). The maximum absolute atomic E-state index is 12.2. The molecule has 0 bridgehead atoms. The minimum atomic E-state index is -0.444. The van der Waals surface area contributed by atoms with Crippen LogP contribution in [0.5, 0.6) is 5.75 Å². The van der Waals surface area contributed by atoms with Crippen molar-refractivity contribution in [3.8, 4) is 5.75 Å². The highest BCUT2D eigenvalue weighted by molar-refractivity contribution is 5.94. The Hall–Kier alpha value is -3.87. The van der Waals surface area contributed by atoms with Gasteiger partial charge in [-0.1, -0.05) is 0 Å². The predicted octanol–water partition coefficient (Wildman–Crippen LogP) is 3.53. The van der Waals surface area contributed by atoms with Crippen LogP contribution in [0, 0.1) is 13.8 Å². The number of ether oxygens (including phenoxy) is 1. The summed E-state index contributed by atoms with van der Waals surface area (Å²) in [6, 6.07) is 13.0. The van der Waals surface area contributed by atoms with Gasteiger partial charge >= 0.3 is 11.3 Å². The minimum absolute atomic E-state index is 0.239. The fourth-order valence-electron chi connectivity index (χ4n) is 3.14. The molecule has 0 saturated carbocycles. The van der Waals surface area contributed by atoms with Gasteiger partial charge in [-0.2, -0.15) is 0 Å². The summed E-state index contributed by atoms with van der Waals surface area (Å²) < 4.78 is 15.9. The molecule has 1 N–H and O–H groups in total. The SMILES string of the molecule is Cc1cc(=O)oc2cc(NC(=O)COc3ccc4c(C)cc(=O)oc4c3)ccc12. The average Bonchev–Trinajstić information content (AvgIpc) is 2.65. The average molecular weight is 391 g/mol. The lowest BCUT2D eigenvalue weighted by molar-refractivity contribution is -0.118. The molecule has 0 unspecified atom stereocenters. The number of rotatable bonds is 4. The molecule has 0 aliphatic heterocycles. The number of hydrogen-bond donors (Lipinski definition) is 1. The normalized spacial score (nSPS) is 11.0. The van der Waals surface area contributed by atoms with Gasteiger partial charge in [-0.25, -0.2) is 9.59 Å². The van der Waals surface area contributed by atoms with E-state index in [2.05, 4.69) is 5.32 Å². The molecule has 1 amide bonds. The van der Waals surface area contributed by atoms with Crippen LogP contribution in [-0.2, 0) is 4.79 Å². The van der Waals surface area contributed by atoms with E-state index in [1.807, 2.05) is 13.8 Å². The number of benzene rings is 2. The Morgan fingerprint density at radius 2 is 1.45 bits per heavy atom. The van der Waals surface area contributed by atoms with E-state index < -0.39 is 11.3 Å². The van der Waals surface area contributed by atoms with Gasteiger partial charge in [0.2, 0.25) is 0 Å². The van der Waals surface area contributed by atoms with Gasteiger partial charge in [0.05, 0.1) is 0 Å². The van der Waals surface area contributed by atoms with E-state index in [-0.39, 0.29) is 12.5 Å². The summed E-state index contributed by atoms with van der Waals surface area (Å²) in [5.41, 5.74) is 2.00. The van der Waals surface area contributed by atoms with Gasteiger partial charge in [-0.05, 0) is 49.2 Å². The number of carbonyl (C=O) groups excluding carboxylic acids is 1. The van der Waals surface area contributed by atoms with Crippen LogP contribution < -0.4 is 21.3 Å². The Kier molecular flexibility index (Phi) is 4.64. The van der Waals surface area contributed by atoms with Gasteiger partial charge in [0.15, 0.2) is 6.61 Å². The molecule has 0 saturated heterocycles. The second-order valence-corrected chi connectivity index (χ2v) is 6.70. The first-order valence-corrected chi connectivity index (χ1v) is 8.91. The third kappa shape index (κ3) is 3.89. The standard InChI is InChI=1S/C22H17NO6/c1-12-7-21(25)28-18-9-14(3-5-16(12)18)23-20(24)11-27-15-4-6-17-13(2)8-22(26)29-19(17)10-15/h3-10H,11H2,1-2H3,(H,23,24). The monoisotopic (exact) mass is 391 g/mol. The molecule has 146 valence electrons. The molecule has 0 fully saturated rings. The number of carbonyl (C=O) groups is 1. The largest absolute Gasteiger partial charge is 0.484 e. The molecule has 7 heteroatoms. The molecule has 2 aromatic heterocycles. The highest BCUT2D eigenvalue weighted by Gasteiger charge is 2.09. The maximum Gasteiger partial charge on any atom is 0.336 e. The Morgan fingerprint density at radius 3 is 2.10 bits per heavy atom. The van der Waals surface area contributed by atoms with Gasteiger partial charge in [0.1, 0.15) is 16.9 Å². The van der Waals surface area contributed by atoms with Crippen molar-refractivity contribution in [3.05, 3.63) is 80.5 Å². The number of amides is 1. The highest BCUT2D eigenvalue weighted by atomic mass is 16.5. The van der Waals surface area contributed by atoms with Crippen LogP contribution in [0.25, 0.3) is 21.9 Å². The van der Waals surface area contributed by atoms with Gasteiger partial charge in [0.25, 0.3) is 5.91 Å². The van der Waals surface area contributed by atoms with Crippen molar-refractivity contribution in [1.29, 1.82) is 0 Å². The van der Waals surface area contributed by atoms with E-state index in [1.54, 1.807) is 36.4 Å². The van der Waals surface area contributed by atoms with Crippen LogP contribution in [-0.4, -0.2) is 12.5 Å². The fraction of sp³-hybridized carbons (Fsp3) is 0.136. The fourth-order valence-corrected chi connectivity index (χ4v) is 3.14. The lowest BCUT2D eigenvalue weighted by atomic mass is 10.1. The molecule has 0 aliphatic carbocycles. The number of hydrogen-bond acceptors (Lipinski definition) is 6. The smallest absolute Gasteiger partial charge is 0.336 e. The lowest BCUT2D eigenvalue weighted by Gasteiger charge is -2.09. The van der Waals surface area contributed by atoms with Crippen LogP contribution in [0.3, 0.4) is 0 Å². The molecule has 0 atom stereocenters. The molecule has 29 heavy (non-hydrogen) atoms. The van der Waals surface area contributed by atoms with Crippen LogP contribution in [0.4, 0.5) is 5.69 Å². The van der Waals surface area contributed by atoms with E-state index >= 15 is 0 Å². The first kappa shape index (κ1) is 18.5. The van der Waals surface area contributed by atoms with Gasteiger partial charge in [0, 0.05) is 40.7 Å². The number of anilines is 1. The topological polar surface area (TPSA) is 98.8 Å². The zero-order chi connectivity index (χ0) is 20.5. The van der Waals surface area contributed by atoms with Crippen molar-refractivity contribution in [2.24, 2.45) is 0 Å². The summed E-state index contributed by atoms with van der Waals surface area (Å²) in [6.07, 6.45) is 0. The quantitative estimate of drug-likeness (QED) is 0.534. The van der Waals surface area contributed by atoms with Crippen molar-refractivity contribution in [2.75, 3.05) is 11.9 Å². The maximum atomic E-state index is 12.2. The van der Waals surface area contributed by atoms with Gasteiger partial charge in [-0.3, -0.25) is 4.79 Å². The molecule has 0 aliphatic rings. The molecule has 2 heterocycles. The Balaban J connectivity index is 1.47. The minimum Gasteiger partial charge on any atom is -0.484 e. The van der Waals surface area contributed by atoms with E-state index in [9.17, 15) is 14.4 Å². The van der Waals surface area contributed by atoms with Crippen LogP contribution >= 0.6 is 0 Å². The number of fused-ring (bicyclic) bond motifs is 2. The lowest BCUT2D eigenvalue weighted by Crippen LogP contribution is -2.20. The molecule has 0 radical (unpaired) electrons. The third-order valence-electron chi connectivity index (χ3n) is 4.53. The van der Waals surface area contributed by atoms with Crippen LogP contribution in [0.2, 0.25) is 0 Å². The predicted molar refractivity (Wildman–Crippen MR) is 109 cm³/mol. The Labute approximate surface area is 164 Å². The summed E-state index contributed by atoms with van der Waals surface area (Å²) in [5, 5.41) is 4.30. The van der Waals surface area contributed by atoms with Crippen molar-refractivity contribution in [1.82, 2.24) is 0 Å². The number of nitrogens with one attached hydrogen (secondary N) is 1. The molecule has 2 aromatic carbocycles. The van der Waals surface area contributed by atoms with Crippen LogP contribution in [0.15, 0.2) is 67.0 Å². The highest BCUT2D eigenvalue weighted by Crippen LogP contribution is 2.23. The van der Waals surface area contributed by atoms with Gasteiger partial charge < -0.3 is 18.9 Å². The summed E-state index contributed by atoms with van der Waals surface area (Å²) in [6.45, 7) is 3.40. The van der Waals surface area contributed by atoms with Gasteiger partial charge in [-0.15, -0.1) is 0 Å². The van der Waals surface area contributed by atoms with E-state index in [4.69, 9.17) is 13.6 Å². The zero-order valence-corrected chi connectivity index (χ0v) is 15.8. The second kappa shape index (κ2) is 7.27. The van der Waals surface area contributed by atoms with E-state index in [0.717, 1.165) is 21.9 Å². The van der Waals surface area contributed by atoms with E-state index in [0.29, 0.717) is 22.6 Å². The summed E-state index contributed by atoms with van der Waals surface area (Å²) in [5.74, 6) is 0.0201. The number of aryl methyl sites for hydroxylation is 2. The Bertz CT molecular complexity index is 1370. The van der Waals surface area contributed by atoms with Crippen molar-refractivity contribution in [2.45, 2.75) is 13.8 Å². The van der Waals surface area contributed by atoms with Crippen LogP contribution in [0.1, 0.15) is 11.1 Å². The first-order chi connectivity index (χ1) is 13.9. The zero-order valence-electron chi connectivity index (χ0n) is 15.8. The second-order valence-electron chi connectivity index (χ2n) is 6.70. The summed E-state index contributed by atoms with van der Waals surface area (Å²) >= 11 is 0. The molecular formula is C22H17NO6. The summed E-state index contributed by atoms with van der Waals surface area (Å²) in [7, 11) is 0. The summed E-state index contributed by atoms with van der Waals surface area (Å²) in [4.78, 5) is 35.3. The molecule has 7 nitrogen and oxygen atoms in total. The first-order valence-electron chi connectivity index (χ1n) is 8.91. The van der Waals surface area contributed by atoms with Crippen molar-refractivity contribution in [3.63, 3.8) is 0 Å². The van der Waals surface area contributed by atoms with Crippen molar-refractivity contribution >= 4 is 33.5 Å². The Morgan fingerprint density at radius 1 is 0.862 bits per heavy atom. The van der Waals surface area contributed by atoms with E-state index in [1.165, 1.54) is 12.1 Å². The molecule has 0 spiro atoms.